The van der Waals surface area contributed by atoms with Crippen LogP contribution in [0.25, 0.3) is 22.2 Å². The number of carboxylic acids is 1. The first kappa shape index (κ1) is 31.9. The van der Waals surface area contributed by atoms with Crippen LogP contribution in [0.5, 0.6) is 0 Å². The largest absolute Gasteiger partial charge is 0.478 e. The van der Waals surface area contributed by atoms with Gasteiger partial charge in [-0.3, -0.25) is 0 Å². The Kier molecular flexibility index (Phi) is 12.3. The monoisotopic (exact) mass is 584 g/mol. The van der Waals surface area contributed by atoms with Crippen molar-refractivity contribution in [2.24, 2.45) is 22.4 Å². The van der Waals surface area contributed by atoms with Crippen molar-refractivity contribution < 1.29 is 15.0 Å². The molecular formula is C35H46N5O3-. The van der Waals surface area contributed by atoms with Gasteiger partial charge in [0, 0.05) is 12.7 Å². The zero-order valence-corrected chi connectivity index (χ0v) is 25.0. The number of hydrogen-bond acceptors (Lipinski definition) is 3. The number of nitrogens with zero attached hydrogens (tertiary/aromatic N) is 2. The number of carboxylic acid groups (broad SMARTS) is 1. The number of nitrogens with two attached hydrogens (primary N) is 2. The van der Waals surface area contributed by atoms with E-state index in [0.717, 1.165) is 25.7 Å². The molecule has 0 spiro atoms. The molecule has 0 amide bonds. The standard InChI is InChI=1S/C35H46N5O3/c36-35(37)39-24-29(23-34(42)43)32(40-33-15-11-18-38-33)22-28-17-16-27-20-25-12-8-9-13-26(25)21-31(27)30(28)14-7-5-3-1-2-4-6-10-19-41/h8-9,11-13,15-18,20-21,23,28,30,32,38,41H,1-7,10,14,19,22,24H2,(H,42,43)(H4,36,37,39)/q-1/b29-23+/t28-,30-,32-/m0/s1. The molecule has 1 aliphatic carbocycles. The van der Waals surface area contributed by atoms with Crippen molar-refractivity contribution in [1.82, 2.24) is 4.98 Å². The molecule has 0 unspecified atom stereocenters. The van der Waals surface area contributed by atoms with Gasteiger partial charge < -0.3 is 32.0 Å². The number of aromatic nitrogens is 1. The lowest BCUT2D eigenvalue weighted by molar-refractivity contribution is -0.131. The Morgan fingerprint density at radius 1 is 0.977 bits per heavy atom. The minimum Gasteiger partial charge on any atom is -0.478 e. The third kappa shape index (κ3) is 9.75. The van der Waals surface area contributed by atoms with E-state index in [4.69, 9.17) is 21.9 Å². The number of aliphatic carboxylic acids is 1. The maximum atomic E-state index is 11.8. The number of aliphatic imine (C=N–C) groups is 1. The van der Waals surface area contributed by atoms with E-state index in [1.54, 1.807) is 0 Å². The maximum absolute atomic E-state index is 11.8. The van der Waals surface area contributed by atoms with E-state index in [9.17, 15) is 9.90 Å². The van der Waals surface area contributed by atoms with Crippen LogP contribution in [0.4, 0.5) is 5.82 Å². The highest BCUT2D eigenvalue weighted by atomic mass is 16.4. The number of allylic oxidation sites excluding steroid dienone is 1. The molecule has 0 saturated carbocycles. The summed E-state index contributed by atoms with van der Waals surface area (Å²) in [4.78, 5) is 19.1. The lowest BCUT2D eigenvalue weighted by atomic mass is 9.73. The van der Waals surface area contributed by atoms with Gasteiger partial charge in [-0.25, -0.2) is 9.79 Å². The molecule has 2 aromatic carbocycles. The predicted octanol–water partition coefficient (Wildman–Crippen LogP) is 7.15. The fourth-order valence-corrected chi connectivity index (χ4v) is 6.18. The summed E-state index contributed by atoms with van der Waals surface area (Å²) in [7, 11) is 0. The lowest BCUT2D eigenvalue weighted by Gasteiger charge is -2.36. The van der Waals surface area contributed by atoms with Crippen LogP contribution < -0.4 is 11.5 Å². The topological polar surface area (TPSA) is 152 Å². The van der Waals surface area contributed by atoms with E-state index in [1.165, 1.54) is 60.1 Å². The number of hydrogen-bond donors (Lipinski definition) is 5. The third-order valence-electron chi connectivity index (χ3n) is 8.37. The summed E-state index contributed by atoms with van der Waals surface area (Å²) >= 11 is 0. The molecule has 0 radical (unpaired) electrons. The molecule has 43 heavy (non-hydrogen) atoms. The molecule has 8 nitrogen and oxygen atoms in total. The Hall–Kier alpha value is -4.04. The molecule has 230 valence electrons. The van der Waals surface area contributed by atoms with Crippen molar-refractivity contribution in [2.45, 2.75) is 76.2 Å². The van der Waals surface area contributed by atoms with E-state index < -0.39 is 12.0 Å². The number of benzene rings is 2. The van der Waals surface area contributed by atoms with Gasteiger partial charge in [-0.2, -0.15) is 0 Å². The summed E-state index contributed by atoms with van der Waals surface area (Å²) in [5.41, 5.74) is 14.4. The van der Waals surface area contributed by atoms with Gasteiger partial charge >= 0.3 is 5.97 Å². The lowest BCUT2D eigenvalue weighted by Crippen LogP contribution is -2.26. The predicted molar refractivity (Wildman–Crippen MR) is 176 cm³/mol. The Morgan fingerprint density at radius 2 is 1.67 bits per heavy atom. The van der Waals surface area contributed by atoms with Gasteiger partial charge in [0.05, 0.1) is 6.54 Å². The van der Waals surface area contributed by atoms with E-state index in [1.807, 2.05) is 18.3 Å². The molecule has 0 aliphatic heterocycles. The molecule has 3 aromatic rings. The second-order valence-corrected chi connectivity index (χ2v) is 11.5. The molecule has 1 heterocycles. The van der Waals surface area contributed by atoms with Gasteiger partial charge in [-0.15, -0.1) is 0 Å². The Balaban J connectivity index is 1.57. The van der Waals surface area contributed by atoms with E-state index >= 15 is 0 Å². The first-order valence-corrected chi connectivity index (χ1v) is 15.6. The van der Waals surface area contributed by atoms with Crippen molar-refractivity contribution >= 4 is 34.6 Å². The van der Waals surface area contributed by atoms with Crippen LogP contribution in [-0.2, 0) is 4.79 Å². The van der Waals surface area contributed by atoms with Crippen LogP contribution >= 0.6 is 0 Å². The Morgan fingerprint density at radius 3 is 2.33 bits per heavy atom. The highest BCUT2D eigenvalue weighted by Crippen LogP contribution is 2.43. The summed E-state index contributed by atoms with van der Waals surface area (Å²) < 4.78 is 0. The normalized spacial score (nSPS) is 17.0. The number of guanidine groups is 1. The summed E-state index contributed by atoms with van der Waals surface area (Å²) in [6.07, 6.45) is 18.4. The maximum Gasteiger partial charge on any atom is 0.328 e. The highest BCUT2D eigenvalue weighted by Gasteiger charge is 2.29. The number of fused-ring (bicyclic) bond motifs is 2. The van der Waals surface area contributed by atoms with Crippen LogP contribution in [0.3, 0.4) is 0 Å². The molecule has 0 bridgehead atoms. The highest BCUT2D eigenvalue weighted by molar-refractivity contribution is 5.87. The number of aliphatic hydroxyl groups is 1. The number of unbranched alkanes of at least 4 members (excludes halogenated alkanes) is 7. The molecule has 1 aromatic heterocycles. The summed E-state index contributed by atoms with van der Waals surface area (Å²) in [5, 5.41) is 26.1. The number of carbonyl (C=O) groups is 1. The van der Waals surface area contributed by atoms with Gasteiger partial charge in [-0.1, -0.05) is 112 Å². The summed E-state index contributed by atoms with van der Waals surface area (Å²) in [5.74, 6) is 0.000526. The molecular weight excluding hydrogens is 538 g/mol. The minimum atomic E-state index is -1.05. The molecule has 4 rings (SSSR count). The number of nitrogens with one attached hydrogen (secondary N) is 1. The van der Waals surface area contributed by atoms with Gasteiger partial charge in [-0.05, 0) is 70.7 Å². The van der Waals surface area contributed by atoms with Gasteiger partial charge in [0.25, 0.3) is 0 Å². The van der Waals surface area contributed by atoms with Crippen molar-refractivity contribution in [1.29, 1.82) is 0 Å². The van der Waals surface area contributed by atoms with Crippen LogP contribution in [0.15, 0.2) is 77.4 Å². The minimum absolute atomic E-state index is 0.0736. The van der Waals surface area contributed by atoms with Crippen molar-refractivity contribution in [3.05, 3.63) is 88.9 Å². The number of aromatic amines is 1. The van der Waals surface area contributed by atoms with Gasteiger partial charge in [0.1, 0.15) is 0 Å². The molecule has 1 aliphatic rings. The van der Waals surface area contributed by atoms with E-state index in [2.05, 4.69) is 58.5 Å². The first-order valence-electron chi connectivity index (χ1n) is 15.6. The van der Waals surface area contributed by atoms with Crippen molar-refractivity contribution in [3.8, 4) is 0 Å². The first-order chi connectivity index (χ1) is 20.9. The fourth-order valence-electron chi connectivity index (χ4n) is 6.18. The fraction of sp³-hybridized carbons (Fsp3) is 0.429. The number of H-pyrrole nitrogens is 1. The van der Waals surface area contributed by atoms with Crippen LogP contribution in [0.2, 0.25) is 0 Å². The molecule has 7 N–H and O–H groups in total. The Labute approximate surface area is 255 Å². The third-order valence-corrected chi connectivity index (χ3v) is 8.37. The van der Waals surface area contributed by atoms with Crippen molar-refractivity contribution in [3.63, 3.8) is 0 Å². The number of aliphatic hydroxyl groups excluding tert-OH is 1. The molecule has 3 atom stereocenters. The quantitative estimate of drug-likeness (QED) is 0.0465. The second-order valence-electron chi connectivity index (χ2n) is 11.5. The molecule has 0 saturated heterocycles. The van der Waals surface area contributed by atoms with Gasteiger partial charge in [0.2, 0.25) is 0 Å². The SMILES string of the molecule is NC(N)=NC/C(=C\C(=O)O)[C@H](C[C@@H]1C=Cc2cc3ccccc3cc2[C@H]1CCCCCCCCCCO)[N-]c1ccc[nH]1. The van der Waals surface area contributed by atoms with Gasteiger partial charge in [0.15, 0.2) is 5.96 Å². The average molecular weight is 585 g/mol. The van der Waals surface area contributed by atoms with Crippen molar-refractivity contribution in [2.75, 3.05) is 13.2 Å². The van der Waals surface area contributed by atoms with Crippen LogP contribution in [0, 0.1) is 5.92 Å². The zero-order chi connectivity index (χ0) is 30.4. The summed E-state index contributed by atoms with van der Waals surface area (Å²) in [6, 6.07) is 16.4. The molecule has 8 heteroatoms. The van der Waals surface area contributed by atoms with E-state index in [0.29, 0.717) is 17.8 Å². The zero-order valence-electron chi connectivity index (χ0n) is 25.0. The van der Waals surface area contributed by atoms with Crippen LogP contribution in [0.1, 0.15) is 81.3 Å². The summed E-state index contributed by atoms with van der Waals surface area (Å²) in [6.45, 7) is 0.360. The smallest absolute Gasteiger partial charge is 0.328 e. The second kappa shape index (κ2) is 16.6. The Bertz CT molecular complexity index is 1390. The average Bonchev–Trinajstić information content (AvgIpc) is 3.51. The molecule has 0 fully saturated rings. The van der Waals surface area contributed by atoms with E-state index in [-0.39, 0.29) is 30.9 Å². The van der Waals surface area contributed by atoms with Crippen LogP contribution in [-0.4, -0.2) is 46.3 Å². The number of rotatable bonds is 18.